The van der Waals surface area contributed by atoms with Crippen LogP contribution in [0.1, 0.15) is 98.2 Å². The molecule has 0 aliphatic carbocycles. The Balaban J connectivity index is 0.0000000944. The number of hydrogen-bond acceptors (Lipinski definition) is 16. The monoisotopic (exact) mass is 1810 g/mol. The van der Waals surface area contributed by atoms with Crippen molar-refractivity contribution >= 4 is 273 Å². The van der Waals surface area contributed by atoms with Gasteiger partial charge in [-0.15, -0.1) is 79.4 Å². The molecule has 0 N–H and O–H groups in total. The van der Waals surface area contributed by atoms with Crippen molar-refractivity contribution in [2.75, 3.05) is 0 Å². The molecule has 616 valence electrons. The first-order valence-corrected chi connectivity index (χ1v) is 48.4. The standard InChI is InChI=1S/4C12H10O2.C12H10OS.3C12H10S2.C10H10Se/c1-7-5-13-11-4-10-8(2)6-14-12(10)3-9(7)11;1-7-5-13-11-4-12-10(3-9(7)11)8(2)6-14-12;1-7-3-9-5-12-10(4-8(2)14-12)6-11(9)13-7;1-7-3-9-5-10-4-8(2)14-12(10)6-11(9)13-7;1-7-5-13-11-4-12-10(3-9(7)11)8(2)6-14-12;1-7-5-13-11-4-10-8(2)6-14-12(10)3-9(7)11;1-7-3-9-5-12-10(4-8(2)14-12)6-11(9)13-7;1-7-3-9-5-10-4-8(2)14-12(10)6-11(9)13-7;1-7-3-4-9-8(2)6-11-10(9)5-7/h8*3-6H,1-2H3;3-6H,1-2H3. The van der Waals surface area contributed by atoms with Gasteiger partial charge in [0.1, 0.15) is 73.3 Å². The van der Waals surface area contributed by atoms with Crippen LogP contribution in [-0.2, 0) is 0 Å². The summed E-state index contributed by atoms with van der Waals surface area (Å²) in [4.78, 5) is 7.95. The zero-order valence-electron chi connectivity index (χ0n) is 71.7. The molecule has 9 aromatic carbocycles. The van der Waals surface area contributed by atoms with Crippen LogP contribution in [0.5, 0.6) is 0 Å². The zero-order chi connectivity index (χ0) is 85.5. The fourth-order valence-corrected chi connectivity index (χ4v) is 24.8. The maximum absolute atomic E-state index is 5.54. The Hall–Kier alpha value is -11.2. The first-order valence-electron chi connectivity index (χ1n) is 40.7. The van der Waals surface area contributed by atoms with Gasteiger partial charge in [-0.1, -0.05) is 0 Å². The molecule has 9 nitrogen and oxygen atoms in total. The Bertz CT molecular complexity index is 7080. The van der Waals surface area contributed by atoms with Crippen molar-refractivity contribution in [3.05, 3.63) is 314 Å². The molecule has 0 fully saturated rings. The maximum Gasteiger partial charge on any atom is 0.137 e. The molecule has 0 amide bonds. The summed E-state index contributed by atoms with van der Waals surface area (Å²) in [5.41, 5.74) is 21.1. The molecular formula is C106H90O9S7Se. The minimum absolute atomic E-state index is 0.603. The van der Waals surface area contributed by atoms with Crippen molar-refractivity contribution in [2.45, 2.75) is 125 Å². The quantitative estimate of drug-likeness (QED) is 0.137. The van der Waals surface area contributed by atoms with Crippen LogP contribution in [0.2, 0.25) is 0 Å². The van der Waals surface area contributed by atoms with E-state index in [9.17, 15) is 0 Å². The molecule has 0 aliphatic heterocycles. The fraction of sp³-hybridized carbons (Fsp3) is 0.170. The molecule has 0 saturated heterocycles. The summed E-state index contributed by atoms with van der Waals surface area (Å²) in [6.45, 7) is 37.6. The second kappa shape index (κ2) is 34.2. The summed E-state index contributed by atoms with van der Waals surface area (Å²) < 4.78 is 60.6. The third-order valence-corrected chi connectivity index (χ3v) is 31.6. The molecule has 0 radical (unpaired) electrons. The predicted molar refractivity (Wildman–Crippen MR) is 533 cm³/mol. The van der Waals surface area contributed by atoms with E-state index >= 15 is 0 Å². The normalized spacial score (nSPS) is 11.5. The van der Waals surface area contributed by atoms with E-state index in [4.69, 9.17) is 39.8 Å². The van der Waals surface area contributed by atoms with Crippen LogP contribution in [-0.4, -0.2) is 14.5 Å². The topological polar surface area (TPSA) is 118 Å². The van der Waals surface area contributed by atoms with Gasteiger partial charge in [0.15, 0.2) is 0 Å². The van der Waals surface area contributed by atoms with E-state index in [1.54, 1.807) is 40.6 Å². The van der Waals surface area contributed by atoms with Gasteiger partial charge in [0, 0.05) is 113 Å². The fourth-order valence-electron chi connectivity index (χ4n) is 15.8. The molecule has 0 spiro atoms. The van der Waals surface area contributed by atoms with E-state index < -0.39 is 0 Å². The molecule has 0 atom stereocenters. The van der Waals surface area contributed by atoms with Crippen molar-refractivity contribution in [3.63, 3.8) is 0 Å². The summed E-state index contributed by atoms with van der Waals surface area (Å²) in [7, 11) is 0. The van der Waals surface area contributed by atoms with Crippen LogP contribution in [0, 0.1) is 125 Å². The summed E-state index contributed by atoms with van der Waals surface area (Å²) in [6.07, 6.45) is 8.93. The number of aryl methyl sites for hydroxylation is 18. The van der Waals surface area contributed by atoms with Gasteiger partial charge in [-0.25, -0.2) is 0 Å². The molecule has 17 aromatic heterocycles. The number of benzene rings is 9. The van der Waals surface area contributed by atoms with Crippen LogP contribution in [0.25, 0.3) is 179 Å². The van der Waals surface area contributed by atoms with E-state index in [1.165, 1.54) is 156 Å². The first-order chi connectivity index (χ1) is 59.2. The average Bonchev–Trinajstić information content (AvgIpc) is 1.68. The van der Waals surface area contributed by atoms with Gasteiger partial charge in [0.05, 0.1) is 31.3 Å². The van der Waals surface area contributed by atoms with Gasteiger partial charge < -0.3 is 39.8 Å². The number of fused-ring (bicyclic) bond motifs is 17. The molecule has 26 aromatic rings. The molecule has 0 unspecified atom stereocenters. The van der Waals surface area contributed by atoms with Crippen LogP contribution < -0.4 is 0 Å². The average molecular weight is 1810 g/mol. The SMILES string of the molecule is Cc1cc2cc3cc(C)oc3cc2o1.Cc1cc2cc3cc(C)sc3cc2s1.Cc1cc2cc3oc(C)cc3cc2o1.Cc1cc2cc3sc(C)cc3cc2s1.Cc1ccc2c(C)c[se]c2c1.Cc1coc2cc3c(C)coc3cc12.Cc1coc2cc3occ(C)c3cc12.Cc1coc2cc3scc(C)c3cc12.Cc1csc2cc3c(C)csc3cc12. The predicted octanol–water partition coefficient (Wildman–Crippen LogP) is 36.2. The molecular weight excluding hydrogens is 1720 g/mol. The summed E-state index contributed by atoms with van der Waals surface area (Å²) in [5.74, 6) is 3.74. The number of thiophene rings is 7. The minimum Gasteiger partial charge on any atom is -0.464 e. The molecule has 0 aliphatic rings. The van der Waals surface area contributed by atoms with Crippen molar-refractivity contribution < 1.29 is 39.8 Å². The third-order valence-electron chi connectivity index (χ3n) is 22.2. The Morgan fingerprint density at radius 2 is 0.520 bits per heavy atom. The first kappa shape index (κ1) is 82.8. The number of furan rings is 9. The van der Waals surface area contributed by atoms with E-state index in [0.717, 1.165) is 117 Å². The molecule has 123 heavy (non-hydrogen) atoms. The third kappa shape index (κ3) is 17.4. The zero-order valence-corrected chi connectivity index (χ0v) is 79.2. The van der Waals surface area contributed by atoms with Gasteiger partial charge in [0.2, 0.25) is 0 Å². The largest absolute Gasteiger partial charge is 0.464 e. The Morgan fingerprint density at radius 3 is 0.927 bits per heavy atom. The minimum atomic E-state index is 0.603. The molecule has 0 bridgehead atoms. The van der Waals surface area contributed by atoms with Crippen molar-refractivity contribution in [3.8, 4) is 0 Å². The second-order valence-electron chi connectivity index (χ2n) is 32.2. The van der Waals surface area contributed by atoms with Crippen LogP contribution in [0.15, 0.2) is 256 Å². The number of rotatable bonds is 0. The van der Waals surface area contributed by atoms with Gasteiger partial charge in [-0.2, -0.15) is 0 Å². The van der Waals surface area contributed by atoms with Crippen molar-refractivity contribution in [2.24, 2.45) is 0 Å². The maximum atomic E-state index is 5.54. The van der Waals surface area contributed by atoms with Gasteiger partial charge in [-0.05, 0) is 343 Å². The van der Waals surface area contributed by atoms with Crippen LogP contribution in [0.4, 0.5) is 0 Å². The van der Waals surface area contributed by atoms with Crippen LogP contribution >= 0.6 is 79.4 Å². The Kier molecular flexibility index (Phi) is 23.0. The van der Waals surface area contributed by atoms with Crippen LogP contribution in [0.3, 0.4) is 0 Å². The second-order valence-corrected chi connectivity index (χ2v) is 42.0. The molecule has 0 saturated carbocycles. The van der Waals surface area contributed by atoms with E-state index in [0.29, 0.717) is 14.5 Å². The van der Waals surface area contributed by atoms with Gasteiger partial charge >= 0.3 is 72.3 Å². The summed E-state index contributed by atoms with van der Waals surface area (Å²) >= 11 is 13.6. The van der Waals surface area contributed by atoms with Crippen molar-refractivity contribution in [1.29, 1.82) is 0 Å². The number of hydrogen-bond donors (Lipinski definition) is 0. The van der Waals surface area contributed by atoms with Gasteiger partial charge in [-0.3, -0.25) is 0 Å². The Labute approximate surface area is 744 Å². The molecule has 17 heteroatoms. The van der Waals surface area contributed by atoms with Gasteiger partial charge in [0.25, 0.3) is 0 Å². The molecule has 17 heterocycles. The summed E-state index contributed by atoms with van der Waals surface area (Å²) in [6, 6.07) is 58.5. The summed E-state index contributed by atoms with van der Waals surface area (Å²) in [5, 5.41) is 28.2. The van der Waals surface area contributed by atoms with E-state index in [1.807, 2.05) is 190 Å². The van der Waals surface area contributed by atoms with E-state index in [2.05, 4.69) is 193 Å². The molecule has 26 rings (SSSR count). The van der Waals surface area contributed by atoms with Crippen molar-refractivity contribution in [1.82, 2.24) is 0 Å². The van der Waals surface area contributed by atoms with E-state index in [-0.39, 0.29) is 0 Å². The smallest absolute Gasteiger partial charge is 0.137 e. The Morgan fingerprint density at radius 1 is 0.211 bits per heavy atom.